The van der Waals surface area contributed by atoms with Crippen molar-refractivity contribution in [2.24, 2.45) is 0 Å². The number of aliphatic hydroxyl groups is 1. The molecule has 1 atom stereocenters. The van der Waals surface area contributed by atoms with E-state index in [-0.39, 0.29) is 6.54 Å². The lowest BCUT2D eigenvalue weighted by atomic mass is 9.96. The lowest BCUT2D eigenvalue weighted by molar-refractivity contribution is -0.136. The third kappa shape index (κ3) is 3.27. The lowest BCUT2D eigenvalue weighted by Crippen LogP contribution is -2.43. The quantitative estimate of drug-likeness (QED) is 0.747. The van der Waals surface area contributed by atoms with Crippen molar-refractivity contribution in [1.29, 1.82) is 0 Å². The predicted molar refractivity (Wildman–Crippen MR) is 91.8 cm³/mol. The molecule has 0 aromatic heterocycles. The Morgan fingerprint density at radius 3 is 2.58 bits per heavy atom. The van der Waals surface area contributed by atoms with Gasteiger partial charge in [0.25, 0.3) is 0 Å². The molecule has 0 aliphatic heterocycles. The summed E-state index contributed by atoms with van der Waals surface area (Å²) in [6.07, 6.45) is 1.26. The van der Waals surface area contributed by atoms with Gasteiger partial charge in [0.15, 0.2) is 0 Å². The highest BCUT2D eigenvalue weighted by molar-refractivity contribution is 6.41. The van der Waals surface area contributed by atoms with Crippen LogP contribution in [0.2, 0.25) is 5.02 Å². The molecule has 124 valence electrons. The van der Waals surface area contributed by atoms with Gasteiger partial charge >= 0.3 is 11.8 Å². The van der Waals surface area contributed by atoms with Crippen molar-refractivity contribution in [3.8, 4) is 0 Å². The predicted octanol–water partition coefficient (Wildman–Crippen LogP) is 2.23. The summed E-state index contributed by atoms with van der Waals surface area (Å²) in [7, 11) is 0. The SMILES string of the molecule is O=C(NC[C@@]1(O)CCc2ccccc21)C(=O)Nc1ccccc1Cl. The smallest absolute Gasteiger partial charge is 0.313 e. The Bertz CT molecular complexity index is 793. The number of aryl methyl sites for hydroxylation is 1. The number of rotatable bonds is 3. The molecule has 0 saturated carbocycles. The molecule has 2 aromatic rings. The molecule has 0 saturated heterocycles. The Labute approximate surface area is 144 Å². The van der Waals surface area contributed by atoms with Crippen LogP contribution in [0.4, 0.5) is 5.69 Å². The third-order valence-electron chi connectivity index (χ3n) is 4.20. The standard InChI is InChI=1S/C18H17ClN2O3/c19-14-7-3-4-8-15(14)21-17(23)16(22)20-11-18(24)10-9-12-5-1-2-6-13(12)18/h1-8,24H,9-11H2,(H,20,22)(H,21,23)/t18-/m0/s1. The first-order valence-corrected chi connectivity index (χ1v) is 8.02. The lowest BCUT2D eigenvalue weighted by Gasteiger charge is -2.24. The van der Waals surface area contributed by atoms with Gasteiger partial charge in [0.05, 0.1) is 17.3 Å². The molecule has 0 spiro atoms. The van der Waals surface area contributed by atoms with E-state index in [9.17, 15) is 14.7 Å². The fraction of sp³-hybridized carbons (Fsp3) is 0.222. The van der Waals surface area contributed by atoms with E-state index in [0.29, 0.717) is 17.1 Å². The molecule has 2 amide bonds. The number of para-hydroxylation sites is 1. The average molecular weight is 345 g/mol. The van der Waals surface area contributed by atoms with Crippen LogP contribution < -0.4 is 10.6 Å². The van der Waals surface area contributed by atoms with Gasteiger partial charge in [-0.1, -0.05) is 48.0 Å². The maximum atomic E-state index is 12.0. The van der Waals surface area contributed by atoms with E-state index in [1.165, 1.54) is 0 Å². The number of amides is 2. The van der Waals surface area contributed by atoms with E-state index in [1.807, 2.05) is 24.3 Å². The van der Waals surface area contributed by atoms with Crippen molar-refractivity contribution in [3.63, 3.8) is 0 Å². The van der Waals surface area contributed by atoms with Crippen molar-refractivity contribution in [1.82, 2.24) is 5.32 Å². The Balaban J connectivity index is 1.62. The van der Waals surface area contributed by atoms with Crippen LogP contribution in [-0.4, -0.2) is 23.5 Å². The van der Waals surface area contributed by atoms with Crippen LogP contribution >= 0.6 is 11.6 Å². The summed E-state index contributed by atoms with van der Waals surface area (Å²) < 4.78 is 0. The maximum Gasteiger partial charge on any atom is 0.313 e. The van der Waals surface area contributed by atoms with E-state index in [0.717, 1.165) is 17.5 Å². The van der Waals surface area contributed by atoms with Crippen LogP contribution in [0, 0.1) is 0 Å². The van der Waals surface area contributed by atoms with E-state index < -0.39 is 17.4 Å². The molecule has 3 rings (SSSR count). The summed E-state index contributed by atoms with van der Waals surface area (Å²) in [5.74, 6) is -1.63. The molecule has 2 aromatic carbocycles. The normalized spacial score (nSPS) is 18.8. The van der Waals surface area contributed by atoms with Gasteiger partial charge in [-0.05, 0) is 36.1 Å². The van der Waals surface area contributed by atoms with Crippen LogP contribution in [0.1, 0.15) is 17.5 Å². The molecular formula is C18H17ClN2O3. The topological polar surface area (TPSA) is 78.4 Å². The van der Waals surface area contributed by atoms with Crippen LogP contribution in [0.3, 0.4) is 0 Å². The number of anilines is 1. The van der Waals surface area contributed by atoms with Gasteiger partial charge in [-0.3, -0.25) is 9.59 Å². The molecule has 0 radical (unpaired) electrons. The van der Waals surface area contributed by atoms with Gasteiger partial charge in [0.1, 0.15) is 5.60 Å². The zero-order chi connectivity index (χ0) is 17.2. The van der Waals surface area contributed by atoms with Crippen molar-refractivity contribution >= 4 is 29.1 Å². The molecule has 3 N–H and O–H groups in total. The fourth-order valence-electron chi connectivity index (χ4n) is 2.90. The molecular weight excluding hydrogens is 328 g/mol. The minimum Gasteiger partial charge on any atom is -0.383 e. The van der Waals surface area contributed by atoms with Crippen molar-refractivity contribution < 1.29 is 14.7 Å². The molecule has 5 nitrogen and oxygen atoms in total. The zero-order valence-corrected chi connectivity index (χ0v) is 13.6. The van der Waals surface area contributed by atoms with Crippen molar-refractivity contribution in [2.75, 3.05) is 11.9 Å². The monoisotopic (exact) mass is 344 g/mol. The second-order valence-corrected chi connectivity index (χ2v) is 6.21. The second kappa shape index (κ2) is 6.63. The number of carbonyl (C=O) groups is 2. The minimum atomic E-state index is -1.14. The Hall–Kier alpha value is -2.37. The maximum absolute atomic E-state index is 12.0. The van der Waals surface area contributed by atoms with Crippen LogP contribution in [0.25, 0.3) is 0 Å². The van der Waals surface area contributed by atoms with Crippen LogP contribution in [0.5, 0.6) is 0 Å². The Morgan fingerprint density at radius 2 is 1.79 bits per heavy atom. The Morgan fingerprint density at radius 1 is 1.08 bits per heavy atom. The first-order chi connectivity index (χ1) is 11.5. The van der Waals surface area contributed by atoms with E-state index in [2.05, 4.69) is 10.6 Å². The van der Waals surface area contributed by atoms with Gasteiger partial charge in [-0.2, -0.15) is 0 Å². The molecule has 0 bridgehead atoms. The first-order valence-electron chi connectivity index (χ1n) is 7.64. The number of nitrogens with one attached hydrogen (secondary N) is 2. The zero-order valence-electron chi connectivity index (χ0n) is 12.9. The molecule has 24 heavy (non-hydrogen) atoms. The number of halogens is 1. The molecule has 0 unspecified atom stereocenters. The minimum absolute atomic E-state index is 0.0151. The number of fused-ring (bicyclic) bond motifs is 1. The Kier molecular flexibility index (Phi) is 4.55. The summed E-state index contributed by atoms with van der Waals surface area (Å²) in [5.41, 5.74) is 1.09. The van der Waals surface area contributed by atoms with Gasteiger partial charge in [-0.25, -0.2) is 0 Å². The van der Waals surface area contributed by atoms with E-state index in [4.69, 9.17) is 11.6 Å². The second-order valence-electron chi connectivity index (χ2n) is 5.81. The van der Waals surface area contributed by atoms with Crippen molar-refractivity contribution in [3.05, 3.63) is 64.7 Å². The largest absolute Gasteiger partial charge is 0.383 e. The van der Waals surface area contributed by atoms with E-state index in [1.54, 1.807) is 24.3 Å². The number of hydrogen-bond donors (Lipinski definition) is 3. The van der Waals surface area contributed by atoms with Crippen molar-refractivity contribution in [2.45, 2.75) is 18.4 Å². The highest BCUT2D eigenvalue weighted by Gasteiger charge is 2.37. The molecule has 1 aliphatic rings. The third-order valence-corrected chi connectivity index (χ3v) is 4.53. The molecule has 0 fully saturated rings. The number of benzene rings is 2. The van der Waals surface area contributed by atoms with E-state index >= 15 is 0 Å². The summed E-state index contributed by atoms with van der Waals surface area (Å²) in [5, 5.41) is 16.0. The van der Waals surface area contributed by atoms with Gasteiger partial charge in [-0.15, -0.1) is 0 Å². The van der Waals surface area contributed by atoms with Gasteiger partial charge in [0.2, 0.25) is 0 Å². The van der Waals surface area contributed by atoms with Gasteiger partial charge < -0.3 is 15.7 Å². The fourth-order valence-corrected chi connectivity index (χ4v) is 3.08. The molecule has 1 aliphatic carbocycles. The highest BCUT2D eigenvalue weighted by Crippen LogP contribution is 2.36. The summed E-state index contributed by atoms with van der Waals surface area (Å²) >= 11 is 5.95. The first kappa shape index (κ1) is 16.5. The molecule has 0 heterocycles. The highest BCUT2D eigenvalue weighted by atomic mass is 35.5. The van der Waals surface area contributed by atoms with Crippen LogP contribution in [-0.2, 0) is 21.6 Å². The number of hydrogen-bond acceptors (Lipinski definition) is 3. The molecule has 6 heteroatoms. The summed E-state index contributed by atoms with van der Waals surface area (Å²) in [4.78, 5) is 23.9. The summed E-state index contributed by atoms with van der Waals surface area (Å²) in [6, 6.07) is 14.2. The van der Waals surface area contributed by atoms with Crippen LogP contribution in [0.15, 0.2) is 48.5 Å². The average Bonchev–Trinajstić information content (AvgIpc) is 2.93. The number of carbonyl (C=O) groups excluding carboxylic acids is 2. The van der Waals surface area contributed by atoms with Gasteiger partial charge in [0, 0.05) is 0 Å². The summed E-state index contributed by atoms with van der Waals surface area (Å²) in [6.45, 7) is -0.0151.